The van der Waals surface area contributed by atoms with Gasteiger partial charge >= 0.3 is 0 Å². The number of piperidine rings is 1. The number of carbonyl (C=O) groups excluding carboxylic acids is 5. The minimum absolute atomic E-state index is 0.0792. The summed E-state index contributed by atoms with van der Waals surface area (Å²) in [7, 11) is 0. The lowest BCUT2D eigenvalue weighted by Crippen LogP contribution is -2.54. The second kappa shape index (κ2) is 17.5. The monoisotopic (exact) mass is 827 g/mol. The highest BCUT2D eigenvalue weighted by molar-refractivity contribution is 6.23. The van der Waals surface area contributed by atoms with Crippen molar-refractivity contribution in [1.29, 1.82) is 0 Å². The first-order valence-electron chi connectivity index (χ1n) is 21.3. The van der Waals surface area contributed by atoms with Crippen LogP contribution in [-0.2, 0) is 27.4 Å². The summed E-state index contributed by atoms with van der Waals surface area (Å²) in [5.74, 6) is -2.26. The summed E-state index contributed by atoms with van der Waals surface area (Å²) in [6.45, 7) is 14.0. The van der Waals surface area contributed by atoms with Crippen LogP contribution < -0.4 is 26.0 Å². The number of aromatic nitrogens is 1. The third-order valence-electron chi connectivity index (χ3n) is 12.7. The molecule has 4 aromatic rings. The molecule has 1 atom stereocenters. The number of pyridine rings is 1. The maximum atomic E-state index is 14.0. The summed E-state index contributed by atoms with van der Waals surface area (Å²) < 4.78 is 5.69. The van der Waals surface area contributed by atoms with Crippen molar-refractivity contribution in [2.75, 3.05) is 55.7 Å². The first-order chi connectivity index (χ1) is 29.4. The van der Waals surface area contributed by atoms with Gasteiger partial charge in [-0.2, -0.15) is 0 Å². The van der Waals surface area contributed by atoms with Gasteiger partial charge in [0.1, 0.15) is 6.04 Å². The number of hydrogen-bond donors (Lipinski definition) is 3. The van der Waals surface area contributed by atoms with Gasteiger partial charge in [-0.15, -0.1) is 0 Å². The average molecular weight is 828 g/mol. The quantitative estimate of drug-likeness (QED) is 0.182. The summed E-state index contributed by atoms with van der Waals surface area (Å²) in [4.78, 5) is 88.3. The van der Waals surface area contributed by atoms with Crippen LogP contribution in [0.25, 0.3) is 11.1 Å². The van der Waals surface area contributed by atoms with Crippen LogP contribution in [0.4, 0.5) is 11.4 Å². The predicted molar refractivity (Wildman–Crippen MR) is 232 cm³/mol. The number of carbonyl (C=O) groups is 5. The number of piperazine rings is 1. The van der Waals surface area contributed by atoms with E-state index in [9.17, 15) is 28.8 Å². The van der Waals surface area contributed by atoms with Crippen molar-refractivity contribution in [2.24, 2.45) is 0 Å². The number of imide groups is 2. The molecule has 61 heavy (non-hydrogen) atoms. The number of anilines is 2. The molecular weight excluding hydrogens is 775 g/mol. The zero-order valence-corrected chi connectivity index (χ0v) is 35.3. The van der Waals surface area contributed by atoms with Crippen LogP contribution in [0.2, 0.25) is 0 Å². The first kappa shape index (κ1) is 41.6. The number of hydrogen-bond acceptors (Lipinski definition) is 10. The van der Waals surface area contributed by atoms with Crippen LogP contribution >= 0.6 is 0 Å². The Hall–Kier alpha value is -6.12. The Bertz CT molecular complexity index is 2450. The smallest absolute Gasteiger partial charge is 0.262 e. The van der Waals surface area contributed by atoms with Gasteiger partial charge in [-0.05, 0) is 117 Å². The van der Waals surface area contributed by atoms with Crippen molar-refractivity contribution in [3.8, 4) is 11.1 Å². The molecule has 14 nitrogen and oxygen atoms in total. The number of amides is 5. The minimum Gasteiger partial charge on any atom is -0.381 e. The first-order valence-corrected chi connectivity index (χ1v) is 21.3. The van der Waals surface area contributed by atoms with E-state index >= 15 is 0 Å². The van der Waals surface area contributed by atoms with Crippen molar-refractivity contribution >= 4 is 40.9 Å². The fraction of sp³-hybridized carbons (Fsp3) is 0.404. The van der Waals surface area contributed by atoms with E-state index in [1.54, 1.807) is 12.1 Å². The van der Waals surface area contributed by atoms with Crippen LogP contribution in [0.5, 0.6) is 0 Å². The van der Waals surface area contributed by atoms with Crippen molar-refractivity contribution in [3.63, 3.8) is 0 Å². The molecule has 1 unspecified atom stereocenters. The van der Waals surface area contributed by atoms with Gasteiger partial charge < -0.3 is 24.8 Å². The van der Waals surface area contributed by atoms with E-state index in [0.29, 0.717) is 42.5 Å². The Morgan fingerprint density at radius 3 is 2.25 bits per heavy atom. The van der Waals surface area contributed by atoms with E-state index in [2.05, 4.69) is 67.6 Å². The van der Waals surface area contributed by atoms with Crippen molar-refractivity contribution in [2.45, 2.75) is 78.6 Å². The lowest BCUT2D eigenvalue weighted by Gasteiger charge is -2.37. The van der Waals surface area contributed by atoms with Gasteiger partial charge in [0.25, 0.3) is 23.3 Å². The molecule has 0 radical (unpaired) electrons. The molecule has 4 aliphatic heterocycles. The van der Waals surface area contributed by atoms with Crippen LogP contribution in [0.3, 0.4) is 0 Å². The minimum atomic E-state index is -0.990. The van der Waals surface area contributed by atoms with Crippen molar-refractivity contribution < 1.29 is 28.7 Å². The fourth-order valence-electron chi connectivity index (χ4n) is 9.29. The Kier molecular flexibility index (Phi) is 11.9. The number of nitrogens with zero attached hydrogens (tertiary/aromatic N) is 4. The number of ether oxygens (including phenoxy) is 1. The van der Waals surface area contributed by atoms with E-state index in [1.165, 1.54) is 0 Å². The lowest BCUT2D eigenvalue weighted by atomic mass is 9.95. The highest BCUT2D eigenvalue weighted by Gasteiger charge is 2.44. The summed E-state index contributed by atoms with van der Waals surface area (Å²) in [5.41, 5.74) is 8.96. The third kappa shape index (κ3) is 8.47. The SMILES string of the molecule is CCN(c1cc(-c2ccc(N3CCN(Cc4ccc5c(c4)C(=O)N(C4CCC(=O)NC4=O)C5=O)CC3)cc2)cc(C(=O)NCc2c(C)cc(C)[nH]c2=O)c1C)C1CCOCC1. The molecule has 318 valence electrons. The molecule has 3 aromatic carbocycles. The molecule has 5 heterocycles. The number of rotatable bonds is 11. The Labute approximate surface area is 355 Å². The Balaban J connectivity index is 0.956. The van der Waals surface area contributed by atoms with E-state index in [1.807, 2.05) is 39.0 Å². The summed E-state index contributed by atoms with van der Waals surface area (Å²) >= 11 is 0. The zero-order valence-electron chi connectivity index (χ0n) is 35.3. The maximum Gasteiger partial charge on any atom is 0.262 e. The molecule has 0 saturated carbocycles. The maximum absolute atomic E-state index is 14.0. The lowest BCUT2D eigenvalue weighted by molar-refractivity contribution is -0.136. The normalized spacial score (nSPS) is 18.7. The van der Waals surface area contributed by atoms with Crippen molar-refractivity contribution in [3.05, 3.63) is 116 Å². The van der Waals surface area contributed by atoms with Crippen LogP contribution in [-0.4, -0.2) is 102 Å². The fourth-order valence-corrected chi connectivity index (χ4v) is 9.29. The molecule has 3 saturated heterocycles. The van der Waals surface area contributed by atoms with Crippen LogP contribution in [0, 0.1) is 20.8 Å². The molecule has 3 fully saturated rings. The van der Waals surface area contributed by atoms with E-state index in [0.717, 1.165) is 95.4 Å². The molecule has 0 bridgehead atoms. The number of nitrogens with one attached hydrogen (secondary N) is 3. The predicted octanol–water partition coefficient (Wildman–Crippen LogP) is 4.63. The van der Waals surface area contributed by atoms with E-state index in [4.69, 9.17) is 4.74 Å². The van der Waals surface area contributed by atoms with Gasteiger partial charge in [0, 0.05) is 99.7 Å². The molecule has 1 aromatic heterocycles. The van der Waals surface area contributed by atoms with Gasteiger partial charge in [-0.25, -0.2) is 0 Å². The second-order valence-corrected chi connectivity index (χ2v) is 16.6. The van der Waals surface area contributed by atoms with Crippen molar-refractivity contribution in [1.82, 2.24) is 25.4 Å². The molecule has 8 rings (SSSR count). The van der Waals surface area contributed by atoms with E-state index in [-0.39, 0.29) is 36.4 Å². The topological polar surface area (TPSA) is 164 Å². The molecule has 3 N–H and O–H groups in total. The standard InChI is InChI=1S/C47H53N7O7/c1-5-53(35-14-20-61-21-15-35)41-25-33(24-37(30(41)4)43(56)48-26-39-28(2)22-29(3)49-44(39)57)32-7-9-34(10-8-32)52-18-16-51(17-19-52)27-31-6-11-36-38(23-31)47(60)54(46(36)59)40-12-13-42(55)50-45(40)58/h6-11,22-25,35,40H,5,12-21,26-27H2,1-4H3,(H,48,56)(H,49,57)(H,50,55,58). The molecule has 0 spiro atoms. The molecule has 14 heteroatoms. The number of benzene rings is 3. The molecule has 4 aliphatic rings. The zero-order chi connectivity index (χ0) is 42.9. The van der Waals surface area contributed by atoms with Crippen LogP contribution in [0.15, 0.2) is 65.5 Å². The van der Waals surface area contributed by atoms with Gasteiger partial charge in [-0.3, -0.25) is 43.9 Å². The number of H-pyrrole nitrogens is 1. The van der Waals surface area contributed by atoms with E-state index < -0.39 is 29.7 Å². The van der Waals surface area contributed by atoms with Gasteiger partial charge in [-0.1, -0.05) is 18.2 Å². The van der Waals surface area contributed by atoms with Gasteiger partial charge in [0.15, 0.2) is 0 Å². The number of fused-ring (bicyclic) bond motifs is 1. The highest BCUT2D eigenvalue weighted by atomic mass is 16.5. The Morgan fingerprint density at radius 1 is 0.836 bits per heavy atom. The highest BCUT2D eigenvalue weighted by Crippen LogP contribution is 2.35. The summed E-state index contributed by atoms with van der Waals surface area (Å²) in [6.07, 6.45) is 2.03. The van der Waals surface area contributed by atoms with Crippen LogP contribution in [0.1, 0.15) is 91.6 Å². The average Bonchev–Trinajstić information content (AvgIpc) is 3.49. The summed E-state index contributed by atoms with van der Waals surface area (Å²) in [5, 5.41) is 5.28. The molecular formula is C47H53N7O7. The Morgan fingerprint density at radius 2 is 1.56 bits per heavy atom. The third-order valence-corrected chi connectivity index (χ3v) is 12.7. The molecule has 0 aliphatic carbocycles. The largest absolute Gasteiger partial charge is 0.381 e. The molecule has 5 amide bonds. The second-order valence-electron chi connectivity index (χ2n) is 16.6. The summed E-state index contributed by atoms with van der Waals surface area (Å²) in [6, 6.07) is 19.1. The van der Waals surface area contributed by atoms with Gasteiger partial charge in [0.2, 0.25) is 11.8 Å². The number of aryl methyl sites for hydroxylation is 2. The van der Waals surface area contributed by atoms with Gasteiger partial charge in [0.05, 0.1) is 11.1 Å². The number of aromatic amines is 1.